The highest BCUT2D eigenvalue weighted by Crippen LogP contribution is 2.23. The van der Waals surface area contributed by atoms with Gasteiger partial charge in [0.1, 0.15) is 0 Å². The van der Waals surface area contributed by atoms with E-state index in [9.17, 15) is 0 Å². The van der Waals surface area contributed by atoms with Gasteiger partial charge < -0.3 is 16.0 Å². The van der Waals surface area contributed by atoms with Gasteiger partial charge in [0.2, 0.25) is 0 Å². The Balaban J connectivity index is 2.64. The van der Waals surface area contributed by atoms with Crippen LogP contribution in [-0.2, 0) is 0 Å². The Bertz CT molecular complexity index is 370. The van der Waals surface area contributed by atoms with Crippen LogP contribution in [0.2, 0.25) is 0 Å². The lowest BCUT2D eigenvalue weighted by Gasteiger charge is -2.29. The fourth-order valence-corrected chi connectivity index (χ4v) is 2.09. The van der Waals surface area contributed by atoms with Crippen LogP contribution in [0.15, 0.2) is 18.2 Å². The molecule has 3 heteroatoms. The third kappa shape index (κ3) is 4.27. The predicted octanol–water partition coefficient (Wildman–Crippen LogP) is 2.58. The lowest BCUT2D eigenvalue weighted by Crippen LogP contribution is -2.34. The van der Waals surface area contributed by atoms with Gasteiger partial charge in [-0.2, -0.15) is 0 Å². The molecule has 0 saturated heterocycles. The maximum Gasteiger partial charge on any atom is 0.0390 e. The van der Waals surface area contributed by atoms with Crippen LogP contribution in [0.3, 0.4) is 0 Å². The summed E-state index contributed by atoms with van der Waals surface area (Å²) in [5, 5.41) is 3.49. The molecule has 3 N–H and O–H groups in total. The monoisotopic (exact) mass is 235 g/mol. The van der Waals surface area contributed by atoms with Crippen molar-refractivity contribution in [2.24, 2.45) is 5.41 Å². The Labute approximate surface area is 105 Å². The zero-order valence-corrected chi connectivity index (χ0v) is 11.7. The molecule has 0 fully saturated rings. The van der Waals surface area contributed by atoms with Crippen LogP contribution in [0.4, 0.5) is 11.4 Å². The van der Waals surface area contributed by atoms with Gasteiger partial charge >= 0.3 is 0 Å². The number of anilines is 2. The Morgan fingerprint density at radius 3 is 2.53 bits per heavy atom. The van der Waals surface area contributed by atoms with Crippen molar-refractivity contribution in [3.8, 4) is 0 Å². The first kappa shape index (κ1) is 13.8. The van der Waals surface area contributed by atoms with E-state index in [0.29, 0.717) is 0 Å². The Hall–Kier alpha value is -1.22. The van der Waals surface area contributed by atoms with Gasteiger partial charge in [0.05, 0.1) is 0 Å². The van der Waals surface area contributed by atoms with E-state index in [2.05, 4.69) is 51.1 Å². The van der Waals surface area contributed by atoms with E-state index in [1.807, 2.05) is 12.1 Å². The Morgan fingerprint density at radius 1 is 1.29 bits per heavy atom. The maximum atomic E-state index is 5.89. The topological polar surface area (TPSA) is 41.3 Å². The minimum Gasteiger partial charge on any atom is -0.398 e. The second-order valence-electron chi connectivity index (χ2n) is 5.78. The highest BCUT2D eigenvalue weighted by molar-refractivity contribution is 5.62. The van der Waals surface area contributed by atoms with Gasteiger partial charge in [-0.1, -0.05) is 19.9 Å². The second-order valence-corrected chi connectivity index (χ2v) is 5.78. The normalized spacial score (nSPS) is 11.9. The van der Waals surface area contributed by atoms with Crippen LogP contribution < -0.4 is 11.1 Å². The summed E-state index contributed by atoms with van der Waals surface area (Å²) in [6.07, 6.45) is 0. The molecule has 0 spiro atoms. The summed E-state index contributed by atoms with van der Waals surface area (Å²) in [7, 11) is 4.21. The number of nitrogens with two attached hydrogens (primary N) is 1. The quantitative estimate of drug-likeness (QED) is 0.771. The number of hydrogen-bond acceptors (Lipinski definition) is 3. The number of benzene rings is 1. The molecule has 0 aliphatic heterocycles. The zero-order valence-electron chi connectivity index (χ0n) is 11.7. The number of rotatable bonds is 5. The minimum absolute atomic E-state index is 0.237. The molecule has 1 aromatic carbocycles. The van der Waals surface area contributed by atoms with Crippen LogP contribution in [0.1, 0.15) is 19.4 Å². The molecule has 1 aromatic rings. The number of hydrogen-bond donors (Lipinski definition) is 2. The first-order valence-corrected chi connectivity index (χ1v) is 6.05. The third-order valence-corrected chi connectivity index (χ3v) is 2.88. The molecule has 3 nitrogen and oxygen atoms in total. The summed E-state index contributed by atoms with van der Waals surface area (Å²) in [6, 6.07) is 6.01. The lowest BCUT2D eigenvalue weighted by atomic mass is 9.92. The van der Waals surface area contributed by atoms with E-state index in [1.54, 1.807) is 0 Å². The summed E-state index contributed by atoms with van der Waals surface area (Å²) in [5.74, 6) is 0. The zero-order chi connectivity index (χ0) is 13.1. The summed E-state index contributed by atoms with van der Waals surface area (Å²) in [6.45, 7) is 8.58. The largest absolute Gasteiger partial charge is 0.398 e. The van der Waals surface area contributed by atoms with E-state index >= 15 is 0 Å². The molecule has 0 amide bonds. The standard InChI is InChI=1S/C14H25N3/c1-11-12(15)7-6-8-13(11)16-9-14(2,3)10-17(4)5/h6-8,16H,9-10,15H2,1-5H3. The summed E-state index contributed by atoms with van der Waals surface area (Å²) in [4.78, 5) is 2.22. The molecule has 0 aromatic heterocycles. The molecule has 17 heavy (non-hydrogen) atoms. The lowest BCUT2D eigenvalue weighted by molar-refractivity contribution is 0.254. The molecule has 0 heterocycles. The van der Waals surface area contributed by atoms with Gasteiger partial charge in [0, 0.05) is 24.5 Å². The van der Waals surface area contributed by atoms with Crippen LogP contribution >= 0.6 is 0 Å². The number of nitrogen functional groups attached to an aromatic ring is 1. The fraction of sp³-hybridized carbons (Fsp3) is 0.571. The van der Waals surface area contributed by atoms with Crippen molar-refractivity contribution in [1.82, 2.24) is 4.90 Å². The highest BCUT2D eigenvalue weighted by Gasteiger charge is 2.18. The van der Waals surface area contributed by atoms with Gasteiger partial charge in [-0.05, 0) is 44.1 Å². The molecule has 0 aliphatic carbocycles. The Morgan fingerprint density at radius 2 is 1.94 bits per heavy atom. The molecule has 1 rings (SSSR count). The maximum absolute atomic E-state index is 5.89. The predicted molar refractivity (Wildman–Crippen MR) is 76.4 cm³/mol. The van der Waals surface area contributed by atoms with E-state index < -0.39 is 0 Å². The molecule has 96 valence electrons. The van der Waals surface area contributed by atoms with E-state index in [-0.39, 0.29) is 5.41 Å². The first-order valence-electron chi connectivity index (χ1n) is 6.05. The van der Waals surface area contributed by atoms with Gasteiger partial charge in [-0.25, -0.2) is 0 Å². The molecular weight excluding hydrogens is 210 g/mol. The van der Waals surface area contributed by atoms with E-state index in [0.717, 1.165) is 30.0 Å². The van der Waals surface area contributed by atoms with Crippen molar-refractivity contribution < 1.29 is 0 Å². The van der Waals surface area contributed by atoms with Gasteiger partial charge in [-0.3, -0.25) is 0 Å². The molecular formula is C14H25N3. The smallest absolute Gasteiger partial charge is 0.0390 e. The van der Waals surface area contributed by atoms with Crippen molar-refractivity contribution in [2.45, 2.75) is 20.8 Å². The van der Waals surface area contributed by atoms with Crippen LogP contribution in [-0.4, -0.2) is 32.1 Å². The number of nitrogens with one attached hydrogen (secondary N) is 1. The Kier molecular flexibility index (Phi) is 4.40. The summed E-state index contributed by atoms with van der Waals surface area (Å²) >= 11 is 0. The highest BCUT2D eigenvalue weighted by atomic mass is 15.1. The average Bonchev–Trinajstić information content (AvgIpc) is 2.18. The van der Waals surface area contributed by atoms with Crippen LogP contribution in [0, 0.1) is 12.3 Å². The average molecular weight is 235 g/mol. The van der Waals surface area contributed by atoms with Crippen molar-refractivity contribution in [3.05, 3.63) is 23.8 Å². The molecule has 0 unspecified atom stereocenters. The molecule has 0 aliphatic rings. The van der Waals surface area contributed by atoms with Gasteiger partial charge in [0.25, 0.3) is 0 Å². The molecule has 0 saturated carbocycles. The van der Waals surface area contributed by atoms with Crippen molar-refractivity contribution in [3.63, 3.8) is 0 Å². The summed E-state index contributed by atoms with van der Waals surface area (Å²) in [5.41, 5.74) is 9.25. The fourth-order valence-electron chi connectivity index (χ4n) is 2.09. The van der Waals surface area contributed by atoms with Gasteiger partial charge in [-0.15, -0.1) is 0 Å². The molecule has 0 radical (unpaired) electrons. The summed E-state index contributed by atoms with van der Waals surface area (Å²) < 4.78 is 0. The second kappa shape index (κ2) is 5.41. The molecule has 0 atom stereocenters. The van der Waals surface area contributed by atoms with Crippen molar-refractivity contribution in [2.75, 3.05) is 38.2 Å². The van der Waals surface area contributed by atoms with E-state index in [1.165, 1.54) is 0 Å². The third-order valence-electron chi connectivity index (χ3n) is 2.88. The first-order chi connectivity index (χ1) is 7.82. The SMILES string of the molecule is Cc1c(N)cccc1NCC(C)(C)CN(C)C. The molecule has 0 bridgehead atoms. The van der Waals surface area contributed by atoms with Crippen molar-refractivity contribution >= 4 is 11.4 Å². The van der Waals surface area contributed by atoms with E-state index in [4.69, 9.17) is 5.73 Å². The van der Waals surface area contributed by atoms with Gasteiger partial charge in [0.15, 0.2) is 0 Å². The van der Waals surface area contributed by atoms with Crippen LogP contribution in [0.5, 0.6) is 0 Å². The number of nitrogens with zero attached hydrogens (tertiary/aromatic N) is 1. The van der Waals surface area contributed by atoms with Crippen molar-refractivity contribution in [1.29, 1.82) is 0 Å². The van der Waals surface area contributed by atoms with Crippen LogP contribution in [0.25, 0.3) is 0 Å². The minimum atomic E-state index is 0.237.